The first-order chi connectivity index (χ1) is 9.99. The van der Waals surface area contributed by atoms with E-state index in [1.54, 1.807) is 6.07 Å². The Morgan fingerprint density at radius 1 is 1.10 bits per heavy atom. The van der Waals surface area contributed by atoms with E-state index in [0.29, 0.717) is 15.4 Å². The molecule has 2 aromatic rings. The van der Waals surface area contributed by atoms with Crippen LogP contribution >= 0.6 is 31.9 Å². The lowest BCUT2D eigenvalue weighted by atomic mass is 9.98. The van der Waals surface area contributed by atoms with Gasteiger partial charge in [-0.2, -0.15) is 0 Å². The summed E-state index contributed by atoms with van der Waals surface area (Å²) in [6.07, 6.45) is 0.589. The molecule has 0 amide bonds. The summed E-state index contributed by atoms with van der Waals surface area (Å²) in [6.45, 7) is 2.74. The fourth-order valence-electron chi connectivity index (χ4n) is 2.25. The van der Waals surface area contributed by atoms with Crippen molar-refractivity contribution in [1.82, 2.24) is 5.32 Å². The predicted octanol–water partition coefficient (Wildman–Crippen LogP) is 5.38. The normalized spacial score (nSPS) is 12.4. The summed E-state index contributed by atoms with van der Waals surface area (Å²) in [5.41, 5.74) is 1.70. The molecular formula is C16H15Br2F2N. The smallest absolute Gasteiger partial charge is 0.137 e. The number of benzene rings is 2. The van der Waals surface area contributed by atoms with Gasteiger partial charge in [-0.25, -0.2) is 8.78 Å². The van der Waals surface area contributed by atoms with Crippen LogP contribution in [0.4, 0.5) is 8.78 Å². The van der Waals surface area contributed by atoms with Gasteiger partial charge < -0.3 is 5.32 Å². The SMILES string of the molecule is CCNC(Cc1cc(F)cc(Br)c1)c1ccc(Br)c(F)c1. The van der Waals surface area contributed by atoms with Gasteiger partial charge in [-0.3, -0.25) is 0 Å². The first-order valence-corrected chi connectivity index (χ1v) is 8.21. The molecule has 112 valence electrons. The topological polar surface area (TPSA) is 12.0 Å². The van der Waals surface area contributed by atoms with E-state index >= 15 is 0 Å². The second kappa shape index (κ2) is 7.47. The largest absolute Gasteiger partial charge is 0.310 e. The Hall–Kier alpha value is -0.780. The Kier molecular flexibility index (Phi) is 5.90. The van der Waals surface area contributed by atoms with Crippen LogP contribution in [-0.4, -0.2) is 6.54 Å². The summed E-state index contributed by atoms with van der Waals surface area (Å²) in [4.78, 5) is 0. The number of likely N-dealkylation sites (N-methyl/N-ethyl adjacent to an activating group) is 1. The Balaban J connectivity index is 2.27. The molecule has 0 radical (unpaired) electrons. The zero-order valence-electron chi connectivity index (χ0n) is 11.5. The lowest BCUT2D eigenvalue weighted by molar-refractivity contribution is 0.539. The van der Waals surface area contributed by atoms with Gasteiger partial charge in [0.2, 0.25) is 0 Å². The van der Waals surface area contributed by atoms with Crippen LogP contribution in [0.2, 0.25) is 0 Å². The van der Waals surface area contributed by atoms with Gasteiger partial charge in [0.1, 0.15) is 11.6 Å². The average Bonchev–Trinajstić information content (AvgIpc) is 2.40. The van der Waals surface area contributed by atoms with Crippen LogP contribution in [0, 0.1) is 11.6 Å². The van der Waals surface area contributed by atoms with Gasteiger partial charge in [-0.15, -0.1) is 0 Å². The van der Waals surface area contributed by atoms with E-state index in [2.05, 4.69) is 37.2 Å². The number of nitrogens with one attached hydrogen (secondary N) is 1. The molecule has 0 aliphatic rings. The van der Waals surface area contributed by atoms with Crippen LogP contribution in [0.5, 0.6) is 0 Å². The van der Waals surface area contributed by atoms with Crippen molar-refractivity contribution in [3.8, 4) is 0 Å². The van der Waals surface area contributed by atoms with E-state index in [1.807, 2.05) is 19.1 Å². The minimum absolute atomic E-state index is 0.0636. The number of hydrogen-bond acceptors (Lipinski definition) is 1. The van der Waals surface area contributed by atoms with Gasteiger partial charge in [0.05, 0.1) is 4.47 Å². The molecule has 0 aliphatic carbocycles. The van der Waals surface area contributed by atoms with Crippen LogP contribution in [0.1, 0.15) is 24.1 Å². The summed E-state index contributed by atoms with van der Waals surface area (Å²) >= 11 is 6.44. The van der Waals surface area contributed by atoms with Gasteiger partial charge in [0.15, 0.2) is 0 Å². The molecule has 1 atom stereocenters. The van der Waals surface area contributed by atoms with E-state index in [9.17, 15) is 8.78 Å². The number of halogens is 4. The van der Waals surface area contributed by atoms with Gasteiger partial charge in [-0.1, -0.05) is 28.9 Å². The molecule has 2 rings (SSSR count). The van der Waals surface area contributed by atoms with Gasteiger partial charge in [0, 0.05) is 10.5 Å². The first kappa shape index (κ1) is 16.6. The quantitative estimate of drug-likeness (QED) is 0.686. The van der Waals surface area contributed by atoms with Crippen molar-refractivity contribution in [1.29, 1.82) is 0 Å². The fourth-order valence-corrected chi connectivity index (χ4v) is 3.01. The molecule has 0 aromatic heterocycles. The third-order valence-electron chi connectivity index (χ3n) is 3.16. The summed E-state index contributed by atoms with van der Waals surface area (Å²) in [5, 5.41) is 3.31. The van der Waals surface area contributed by atoms with Crippen molar-refractivity contribution < 1.29 is 8.78 Å². The molecule has 0 fully saturated rings. The van der Waals surface area contributed by atoms with Crippen molar-refractivity contribution in [2.75, 3.05) is 6.54 Å². The molecule has 0 bridgehead atoms. The lowest BCUT2D eigenvalue weighted by Crippen LogP contribution is -2.23. The lowest BCUT2D eigenvalue weighted by Gasteiger charge is -2.19. The standard InChI is InChI=1S/C16H15Br2F2N/c1-2-21-16(11-3-4-14(18)15(20)8-11)7-10-5-12(17)9-13(19)6-10/h3-6,8-9,16,21H,2,7H2,1H3. The van der Waals surface area contributed by atoms with Crippen molar-refractivity contribution in [2.45, 2.75) is 19.4 Å². The van der Waals surface area contributed by atoms with Crippen molar-refractivity contribution in [2.24, 2.45) is 0 Å². The summed E-state index contributed by atoms with van der Waals surface area (Å²) < 4.78 is 28.3. The highest BCUT2D eigenvalue weighted by Crippen LogP contribution is 2.25. The second-order valence-electron chi connectivity index (χ2n) is 4.77. The minimum Gasteiger partial charge on any atom is -0.310 e. The molecule has 5 heteroatoms. The van der Waals surface area contributed by atoms with Crippen LogP contribution in [0.25, 0.3) is 0 Å². The van der Waals surface area contributed by atoms with E-state index in [4.69, 9.17) is 0 Å². The first-order valence-electron chi connectivity index (χ1n) is 6.63. The van der Waals surface area contributed by atoms with Crippen molar-refractivity contribution >= 4 is 31.9 Å². The van der Waals surface area contributed by atoms with Crippen LogP contribution in [0.3, 0.4) is 0 Å². The third kappa shape index (κ3) is 4.59. The van der Waals surface area contributed by atoms with Crippen molar-refractivity contribution in [3.05, 3.63) is 68.1 Å². The van der Waals surface area contributed by atoms with Gasteiger partial charge >= 0.3 is 0 Å². The third-order valence-corrected chi connectivity index (χ3v) is 4.26. The van der Waals surface area contributed by atoms with Crippen LogP contribution < -0.4 is 5.32 Å². The predicted molar refractivity (Wildman–Crippen MR) is 88.3 cm³/mol. The average molecular weight is 419 g/mol. The second-order valence-corrected chi connectivity index (χ2v) is 6.54. The van der Waals surface area contributed by atoms with Crippen molar-refractivity contribution in [3.63, 3.8) is 0 Å². The Labute approximate surface area is 140 Å². The monoisotopic (exact) mass is 417 g/mol. The molecule has 2 aromatic carbocycles. The minimum atomic E-state index is -0.296. The summed E-state index contributed by atoms with van der Waals surface area (Å²) in [6, 6.07) is 9.81. The maximum absolute atomic E-state index is 13.7. The molecule has 0 saturated heterocycles. The molecule has 1 unspecified atom stereocenters. The fraction of sp³-hybridized carbons (Fsp3) is 0.250. The molecule has 1 nitrogen and oxygen atoms in total. The van der Waals surface area contributed by atoms with E-state index < -0.39 is 0 Å². The Morgan fingerprint density at radius 2 is 1.86 bits per heavy atom. The van der Waals surface area contributed by atoms with Crippen LogP contribution in [-0.2, 0) is 6.42 Å². The summed E-state index contributed by atoms with van der Waals surface area (Å²) in [5.74, 6) is -0.576. The zero-order chi connectivity index (χ0) is 15.4. The Morgan fingerprint density at radius 3 is 2.48 bits per heavy atom. The van der Waals surface area contributed by atoms with Gasteiger partial charge in [-0.05, 0) is 70.4 Å². The van der Waals surface area contributed by atoms with E-state index in [1.165, 1.54) is 18.2 Å². The van der Waals surface area contributed by atoms with Crippen LogP contribution in [0.15, 0.2) is 45.3 Å². The molecular weight excluding hydrogens is 404 g/mol. The highest BCUT2D eigenvalue weighted by molar-refractivity contribution is 9.10. The molecule has 0 heterocycles. The zero-order valence-corrected chi connectivity index (χ0v) is 14.6. The Bertz CT molecular complexity index is 611. The molecule has 21 heavy (non-hydrogen) atoms. The molecule has 0 aliphatic heterocycles. The van der Waals surface area contributed by atoms with Gasteiger partial charge in [0.25, 0.3) is 0 Å². The maximum Gasteiger partial charge on any atom is 0.137 e. The highest BCUT2D eigenvalue weighted by Gasteiger charge is 2.14. The molecule has 0 saturated carbocycles. The molecule has 1 N–H and O–H groups in total. The summed E-state index contributed by atoms with van der Waals surface area (Å²) in [7, 11) is 0. The maximum atomic E-state index is 13.7. The van der Waals surface area contributed by atoms with E-state index in [-0.39, 0.29) is 17.7 Å². The number of rotatable bonds is 5. The number of hydrogen-bond donors (Lipinski definition) is 1. The molecule has 0 spiro atoms. The highest BCUT2D eigenvalue weighted by atomic mass is 79.9. The van der Waals surface area contributed by atoms with E-state index in [0.717, 1.165) is 17.7 Å².